The van der Waals surface area contributed by atoms with Crippen LogP contribution in [0.2, 0.25) is 0 Å². The van der Waals surface area contributed by atoms with E-state index in [0.717, 1.165) is 5.56 Å². The number of hydrogen-bond acceptors (Lipinski definition) is 6. The maximum atomic E-state index is 14.8. The van der Waals surface area contributed by atoms with E-state index in [4.69, 9.17) is 10.8 Å². The fourth-order valence-corrected chi connectivity index (χ4v) is 3.64. The highest BCUT2D eigenvalue weighted by atomic mass is 19.1. The summed E-state index contributed by atoms with van der Waals surface area (Å²) in [6.07, 6.45) is 9.03. The number of fused-ring (bicyclic) bond motifs is 1. The minimum absolute atomic E-state index is 0.00681. The molecule has 1 aliphatic carbocycles. The molecule has 1 amide bonds. The number of nitrogens with one attached hydrogen (secondary N) is 1. The maximum absolute atomic E-state index is 14.8. The van der Waals surface area contributed by atoms with Gasteiger partial charge in [0.15, 0.2) is 5.82 Å². The number of carbonyl (C=O) groups is 1. The molecule has 1 aromatic carbocycles. The van der Waals surface area contributed by atoms with Crippen LogP contribution in [0.1, 0.15) is 12.0 Å². The normalized spacial score (nSPS) is 16.7. The third-order valence-electron chi connectivity index (χ3n) is 5.71. The zero-order valence-corrected chi connectivity index (χ0v) is 18.4. The SMILES string of the molecule is Cc1ccncc1-c1cc2cc(NC(=O)C3CC3CO)ncc2c(N)c1F.Cn1cccn1. The Morgan fingerprint density at radius 1 is 1.30 bits per heavy atom. The van der Waals surface area contributed by atoms with Crippen molar-refractivity contribution >= 4 is 28.2 Å². The van der Waals surface area contributed by atoms with Gasteiger partial charge in [-0.1, -0.05) is 0 Å². The second kappa shape index (κ2) is 9.33. The van der Waals surface area contributed by atoms with Crippen LogP contribution in [0.15, 0.2) is 55.2 Å². The van der Waals surface area contributed by atoms with Crippen molar-refractivity contribution in [3.05, 3.63) is 66.6 Å². The van der Waals surface area contributed by atoms with Crippen LogP contribution in [0.3, 0.4) is 0 Å². The average molecular weight is 449 g/mol. The van der Waals surface area contributed by atoms with Crippen LogP contribution in [0, 0.1) is 24.6 Å². The van der Waals surface area contributed by atoms with Crippen molar-refractivity contribution in [3.63, 3.8) is 0 Å². The van der Waals surface area contributed by atoms with Gasteiger partial charge in [-0.25, -0.2) is 9.37 Å². The average Bonchev–Trinajstić information content (AvgIpc) is 3.46. The summed E-state index contributed by atoms with van der Waals surface area (Å²) in [5.74, 6) is -0.467. The lowest BCUT2D eigenvalue weighted by atomic mass is 9.98. The van der Waals surface area contributed by atoms with Crippen molar-refractivity contribution in [3.8, 4) is 11.1 Å². The number of halogens is 1. The zero-order valence-electron chi connectivity index (χ0n) is 18.4. The van der Waals surface area contributed by atoms with E-state index in [1.807, 2.05) is 26.2 Å². The first-order valence-electron chi connectivity index (χ1n) is 10.5. The molecule has 0 aliphatic heterocycles. The summed E-state index contributed by atoms with van der Waals surface area (Å²) in [5, 5.41) is 16.8. The summed E-state index contributed by atoms with van der Waals surface area (Å²) in [7, 11) is 1.89. The Hall–Kier alpha value is -3.85. The van der Waals surface area contributed by atoms with Gasteiger partial charge in [0.2, 0.25) is 5.91 Å². The van der Waals surface area contributed by atoms with Crippen LogP contribution in [0.4, 0.5) is 15.9 Å². The number of aromatic nitrogens is 4. The number of rotatable bonds is 4. The Morgan fingerprint density at radius 2 is 2.12 bits per heavy atom. The van der Waals surface area contributed by atoms with Gasteiger partial charge in [0, 0.05) is 67.1 Å². The second-order valence-electron chi connectivity index (χ2n) is 8.09. The molecule has 9 heteroatoms. The summed E-state index contributed by atoms with van der Waals surface area (Å²) >= 11 is 0. The molecule has 4 aromatic rings. The molecule has 0 saturated heterocycles. The van der Waals surface area contributed by atoms with E-state index in [-0.39, 0.29) is 30.0 Å². The molecule has 1 aliphatic rings. The molecule has 33 heavy (non-hydrogen) atoms. The van der Waals surface area contributed by atoms with Gasteiger partial charge in [0.1, 0.15) is 5.82 Å². The fourth-order valence-electron chi connectivity index (χ4n) is 3.64. The number of nitrogens with two attached hydrogens (primary N) is 1. The number of aliphatic hydroxyl groups excluding tert-OH is 1. The number of nitrogens with zero attached hydrogens (tertiary/aromatic N) is 4. The Bertz CT molecular complexity index is 1290. The predicted octanol–water partition coefficient (Wildman–Crippen LogP) is 3.31. The minimum Gasteiger partial charge on any atom is -0.396 e. The first kappa shape index (κ1) is 22.3. The Balaban J connectivity index is 0.000000376. The molecule has 0 radical (unpaired) electrons. The molecule has 3 aromatic heterocycles. The first-order chi connectivity index (χ1) is 15.9. The number of aryl methyl sites for hydroxylation is 2. The van der Waals surface area contributed by atoms with Gasteiger partial charge in [-0.05, 0) is 54.5 Å². The van der Waals surface area contributed by atoms with E-state index in [9.17, 15) is 9.18 Å². The molecule has 5 rings (SSSR count). The number of carbonyl (C=O) groups excluding carboxylic acids is 1. The van der Waals surface area contributed by atoms with Crippen LogP contribution < -0.4 is 11.1 Å². The van der Waals surface area contributed by atoms with Crippen molar-refractivity contribution in [2.45, 2.75) is 13.3 Å². The number of nitrogen functional groups attached to an aromatic ring is 1. The van der Waals surface area contributed by atoms with Crippen LogP contribution in [0.25, 0.3) is 21.9 Å². The lowest BCUT2D eigenvalue weighted by molar-refractivity contribution is -0.117. The van der Waals surface area contributed by atoms with E-state index in [1.54, 1.807) is 41.5 Å². The predicted molar refractivity (Wildman–Crippen MR) is 125 cm³/mol. The van der Waals surface area contributed by atoms with E-state index < -0.39 is 5.82 Å². The highest BCUT2D eigenvalue weighted by molar-refractivity contribution is 6.00. The molecule has 2 unspecified atom stereocenters. The summed E-state index contributed by atoms with van der Waals surface area (Å²) in [6.45, 7) is 1.88. The number of anilines is 2. The summed E-state index contributed by atoms with van der Waals surface area (Å²) in [6, 6.07) is 7.06. The second-order valence-corrected chi connectivity index (χ2v) is 8.09. The first-order valence-corrected chi connectivity index (χ1v) is 10.5. The topological polar surface area (TPSA) is 119 Å². The van der Waals surface area contributed by atoms with Gasteiger partial charge >= 0.3 is 0 Å². The lowest BCUT2D eigenvalue weighted by Gasteiger charge is -2.12. The lowest BCUT2D eigenvalue weighted by Crippen LogP contribution is -2.16. The van der Waals surface area contributed by atoms with Crippen LogP contribution >= 0.6 is 0 Å². The molecule has 0 bridgehead atoms. The van der Waals surface area contributed by atoms with E-state index in [2.05, 4.69) is 20.4 Å². The van der Waals surface area contributed by atoms with Crippen LogP contribution in [0.5, 0.6) is 0 Å². The van der Waals surface area contributed by atoms with Gasteiger partial charge in [-0.15, -0.1) is 0 Å². The largest absolute Gasteiger partial charge is 0.396 e. The van der Waals surface area contributed by atoms with Crippen LogP contribution in [-0.2, 0) is 11.8 Å². The Labute approximate surface area is 190 Å². The molecule has 2 atom stereocenters. The molecule has 4 N–H and O–H groups in total. The molecule has 0 spiro atoms. The van der Waals surface area contributed by atoms with E-state index in [0.29, 0.717) is 34.1 Å². The third-order valence-corrected chi connectivity index (χ3v) is 5.71. The number of pyridine rings is 2. The number of benzene rings is 1. The van der Waals surface area contributed by atoms with Gasteiger partial charge in [-0.2, -0.15) is 5.10 Å². The van der Waals surface area contributed by atoms with Crippen LogP contribution in [-0.4, -0.2) is 37.4 Å². The maximum Gasteiger partial charge on any atom is 0.229 e. The van der Waals surface area contributed by atoms with Gasteiger partial charge in [-0.3, -0.25) is 14.5 Å². The van der Waals surface area contributed by atoms with Gasteiger partial charge in [0.05, 0.1) is 5.69 Å². The summed E-state index contributed by atoms with van der Waals surface area (Å²) in [4.78, 5) is 20.4. The molecule has 3 heterocycles. The molecule has 1 fully saturated rings. The van der Waals surface area contributed by atoms with Gasteiger partial charge < -0.3 is 16.2 Å². The highest BCUT2D eigenvalue weighted by Crippen LogP contribution is 2.39. The molecular weight excluding hydrogens is 423 g/mol. The molecule has 170 valence electrons. The summed E-state index contributed by atoms with van der Waals surface area (Å²) < 4.78 is 16.6. The van der Waals surface area contributed by atoms with Crippen molar-refractivity contribution in [1.82, 2.24) is 19.7 Å². The highest BCUT2D eigenvalue weighted by Gasteiger charge is 2.42. The van der Waals surface area contributed by atoms with Crippen molar-refractivity contribution in [2.75, 3.05) is 17.7 Å². The van der Waals surface area contributed by atoms with Crippen molar-refractivity contribution in [2.24, 2.45) is 18.9 Å². The zero-order chi connectivity index (χ0) is 23.5. The Kier molecular flexibility index (Phi) is 6.32. The molecular formula is C24H25FN6O2. The number of aliphatic hydroxyl groups is 1. The standard InChI is InChI=1S/C20H19FN4O2.C4H6N2/c1-10-2-3-23-7-15(10)14-4-11-6-17(24-8-16(11)19(22)18(14)21)25-20(27)13-5-12(13)9-26;1-6-4-2-3-5-6/h2-4,6-8,12-13,26H,5,9,22H2,1H3,(H,24,25,27);2-4H,1H3. The Morgan fingerprint density at radius 3 is 2.73 bits per heavy atom. The monoisotopic (exact) mass is 448 g/mol. The quantitative estimate of drug-likeness (QED) is 0.412. The number of amides is 1. The fraction of sp³-hybridized carbons (Fsp3) is 0.250. The van der Waals surface area contributed by atoms with Crippen molar-refractivity contribution < 1.29 is 14.3 Å². The van der Waals surface area contributed by atoms with E-state index in [1.165, 1.54) is 6.20 Å². The summed E-state index contributed by atoms with van der Waals surface area (Å²) in [5.41, 5.74) is 7.92. The molecule has 1 saturated carbocycles. The molecule has 8 nitrogen and oxygen atoms in total. The van der Waals surface area contributed by atoms with E-state index >= 15 is 0 Å². The number of hydrogen-bond donors (Lipinski definition) is 3. The van der Waals surface area contributed by atoms with Crippen molar-refractivity contribution in [1.29, 1.82) is 0 Å². The minimum atomic E-state index is -0.513. The third kappa shape index (κ3) is 4.83. The van der Waals surface area contributed by atoms with Gasteiger partial charge in [0.25, 0.3) is 0 Å². The smallest absolute Gasteiger partial charge is 0.229 e.